The Morgan fingerprint density at radius 3 is 2.87 bits per heavy atom. The molecule has 0 saturated heterocycles. The SMILES string of the molecule is CSC1(CNc2ncc(N)cc2C)CC1. The first-order valence-electron chi connectivity index (χ1n) is 5.16. The Hall–Kier alpha value is -0.900. The number of nitrogens with one attached hydrogen (secondary N) is 1. The van der Waals surface area contributed by atoms with E-state index in [1.807, 2.05) is 24.8 Å². The number of aryl methyl sites for hydroxylation is 1. The van der Waals surface area contributed by atoms with E-state index in [2.05, 4.69) is 16.6 Å². The van der Waals surface area contributed by atoms with Gasteiger partial charge in [-0.1, -0.05) is 0 Å². The second-order valence-corrected chi connectivity index (χ2v) is 5.45. The van der Waals surface area contributed by atoms with Crippen LogP contribution in [0.3, 0.4) is 0 Å². The highest BCUT2D eigenvalue weighted by molar-refractivity contribution is 8.00. The standard InChI is InChI=1S/C11H17N3S/c1-8-5-9(12)6-13-10(8)14-7-11(15-2)3-4-11/h5-6H,3-4,7,12H2,1-2H3,(H,13,14). The van der Waals surface area contributed by atoms with E-state index in [9.17, 15) is 0 Å². The van der Waals surface area contributed by atoms with Gasteiger partial charge in [0, 0.05) is 11.3 Å². The van der Waals surface area contributed by atoms with E-state index in [0.29, 0.717) is 4.75 Å². The molecule has 0 bridgehead atoms. The van der Waals surface area contributed by atoms with Gasteiger partial charge in [-0.05, 0) is 37.7 Å². The third-order valence-electron chi connectivity index (χ3n) is 2.92. The van der Waals surface area contributed by atoms with Gasteiger partial charge in [-0.3, -0.25) is 0 Å². The van der Waals surface area contributed by atoms with Crippen molar-refractivity contribution in [2.45, 2.75) is 24.5 Å². The Balaban J connectivity index is 1.99. The maximum absolute atomic E-state index is 5.65. The average molecular weight is 223 g/mol. The van der Waals surface area contributed by atoms with Gasteiger partial charge < -0.3 is 11.1 Å². The summed E-state index contributed by atoms with van der Waals surface area (Å²) in [6, 6.07) is 1.95. The van der Waals surface area contributed by atoms with Crippen molar-refractivity contribution in [1.82, 2.24) is 4.98 Å². The van der Waals surface area contributed by atoms with E-state index in [1.165, 1.54) is 12.8 Å². The Labute approximate surface area is 94.8 Å². The van der Waals surface area contributed by atoms with Crippen LogP contribution in [0, 0.1) is 6.92 Å². The quantitative estimate of drug-likeness (QED) is 0.822. The number of nitrogens with zero attached hydrogens (tertiary/aromatic N) is 1. The normalized spacial score (nSPS) is 17.5. The van der Waals surface area contributed by atoms with E-state index >= 15 is 0 Å². The zero-order valence-electron chi connectivity index (χ0n) is 9.21. The molecule has 0 spiro atoms. The van der Waals surface area contributed by atoms with Crippen molar-refractivity contribution >= 4 is 23.3 Å². The van der Waals surface area contributed by atoms with Crippen molar-refractivity contribution in [1.29, 1.82) is 0 Å². The first-order chi connectivity index (χ1) is 7.15. The summed E-state index contributed by atoms with van der Waals surface area (Å²) < 4.78 is 0.468. The third kappa shape index (κ3) is 2.37. The summed E-state index contributed by atoms with van der Waals surface area (Å²) in [5, 5.41) is 3.41. The summed E-state index contributed by atoms with van der Waals surface area (Å²) >= 11 is 1.95. The van der Waals surface area contributed by atoms with Crippen LogP contribution in [0.2, 0.25) is 0 Å². The summed E-state index contributed by atoms with van der Waals surface area (Å²) in [4.78, 5) is 4.30. The summed E-state index contributed by atoms with van der Waals surface area (Å²) in [5.41, 5.74) is 7.50. The zero-order chi connectivity index (χ0) is 10.9. The van der Waals surface area contributed by atoms with Gasteiger partial charge in [0.25, 0.3) is 0 Å². The van der Waals surface area contributed by atoms with Crippen LogP contribution in [0.15, 0.2) is 12.3 Å². The molecule has 82 valence electrons. The molecule has 4 heteroatoms. The van der Waals surface area contributed by atoms with Gasteiger partial charge in [0.1, 0.15) is 5.82 Å². The predicted molar refractivity (Wildman–Crippen MR) is 67.4 cm³/mol. The molecule has 0 amide bonds. The fourth-order valence-electron chi connectivity index (χ4n) is 1.62. The first kappa shape index (κ1) is 10.6. The number of nitrogen functional groups attached to an aromatic ring is 1. The summed E-state index contributed by atoms with van der Waals surface area (Å²) in [7, 11) is 0. The highest BCUT2D eigenvalue weighted by Gasteiger charge is 2.41. The monoisotopic (exact) mass is 223 g/mol. The van der Waals surface area contributed by atoms with Gasteiger partial charge in [-0.25, -0.2) is 4.98 Å². The van der Waals surface area contributed by atoms with Crippen LogP contribution in [0.4, 0.5) is 11.5 Å². The van der Waals surface area contributed by atoms with Crippen LogP contribution >= 0.6 is 11.8 Å². The van der Waals surface area contributed by atoms with Crippen molar-refractivity contribution in [3.8, 4) is 0 Å². The maximum atomic E-state index is 5.65. The number of anilines is 2. The minimum atomic E-state index is 0.468. The molecule has 0 aromatic carbocycles. The number of nitrogens with two attached hydrogens (primary N) is 1. The lowest BCUT2D eigenvalue weighted by Gasteiger charge is -2.14. The van der Waals surface area contributed by atoms with Crippen molar-refractivity contribution in [3.05, 3.63) is 17.8 Å². The molecule has 1 fully saturated rings. The van der Waals surface area contributed by atoms with Crippen molar-refractivity contribution in [2.24, 2.45) is 0 Å². The largest absolute Gasteiger partial charge is 0.397 e. The van der Waals surface area contributed by atoms with Crippen LogP contribution in [0.5, 0.6) is 0 Å². The van der Waals surface area contributed by atoms with E-state index < -0.39 is 0 Å². The van der Waals surface area contributed by atoms with Crippen molar-refractivity contribution in [3.63, 3.8) is 0 Å². The molecule has 1 saturated carbocycles. The lowest BCUT2D eigenvalue weighted by Crippen LogP contribution is -2.18. The Morgan fingerprint density at radius 2 is 2.33 bits per heavy atom. The van der Waals surface area contributed by atoms with Gasteiger partial charge in [0.15, 0.2) is 0 Å². The molecule has 0 radical (unpaired) electrons. The number of pyridine rings is 1. The summed E-state index contributed by atoms with van der Waals surface area (Å²) in [6.07, 6.45) is 6.51. The average Bonchev–Trinajstić information content (AvgIpc) is 2.97. The highest BCUT2D eigenvalue weighted by atomic mass is 32.2. The third-order valence-corrected chi connectivity index (χ3v) is 4.34. The highest BCUT2D eigenvalue weighted by Crippen LogP contribution is 2.47. The number of hydrogen-bond donors (Lipinski definition) is 2. The molecule has 0 aliphatic heterocycles. The zero-order valence-corrected chi connectivity index (χ0v) is 10.0. The molecule has 2 rings (SSSR count). The van der Waals surface area contributed by atoms with Crippen LogP contribution in [-0.2, 0) is 0 Å². The second-order valence-electron chi connectivity index (χ2n) is 4.17. The Bertz CT molecular complexity index is 361. The molecule has 1 aromatic heterocycles. The van der Waals surface area contributed by atoms with Gasteiger partial charge in [0.05, 0.1) is 11.9 Å². The molecular weight excluding hydrogens is 206 g/mol. The summed E-state index contributed by atoms with van der Waals surface area (Å²) in [5.74, 6) is 0.963. The summed E-state index contributed by atoms with van der Waals surface area (Å²) in [6.45, 7) is 3.04. The smallest absolute Gasteiger partial charge is 0.129 e. The predicted octanol–water partition coefficient (Wildman–Crippen LogP) is 2.28. The Kier molecular flexibility index (Phi) is 2.78. The van der Waals surface area contributed by atoms with Crippen molar-refractivity contribution < 1.29 is 0 Å². The molecule has 0 atom stereocenters. The topological polar surface area (TPSA) is 50.9 Å². The van der Waals surface area contributed by atoms with Gasteiger partial charge in [0.2, 0.25) is 0 Å². The molecule has 15 heavy (non-hydrogen) atoms. The van der Waals surface area contributed by atoms with Crippen LogP contribution in [-0.4, -0.2) is 22.5 Å². The number of hydrogen-bond acceptors (Lipinski definition) is 4. The van der Waals surface area contributed by atoms with E-state index in [4.69, 9.17) is 5.73 Å². The maximum Gasteiger partial charge on any atom is 0.129 e. The molecule has 3 nitrogen and oxygen atoms in total. The lowest BCUT2D eigenvalue weighted by molar-refractivity contribution is 0.938. The fourth-order valence-corrected chi connectivity index (χ4v) is 2.35. The molecule has 3 N–H and O–H groups in total. The molecule has 1 aliphatic rings. The Morgan fingerprint density at radius 1 is 1.60 bits per heavy atom. The van der Waals surface area contributed by atoms with Crippen LogP contribution in [0.1, 0.15) is 18.4 Å². The molecule has 0 unspecified atom stereocenters. The number of aromatic nitrogens is 1. The van der Waals surface area contributed by atoms with E-state index in [-0.39, 0.29) is 0 Å². The molecular formula is C11H17N3S. The molecule has 1 aliphatic carbocycles. The lowest BCUT2D eigenvalue weighted by atomic mass is 10.2. The first-order valence-corrected chi connectivity index (χ1v) is 6.39. The van der Waals surface area contributed by atoms with Crippen LogP contribution < -0.4 is 11.1 Å². The van der Waals surface area contributed by atoms with E-state index in [0.717, 1.165) is 23.6 Å². The minimum absolute atomic E-state index is 0.468. The van der Waals surface area contributed by atoms with Crippen molar-refractivity contribution in [2.75, 3.05) is 23.9 Å². The molecule has 1 heterocycles. The van der Waals surface area contributed by atoms with Gasteiger partial charge >= 0.3 is 0 Å². The number of thioether (sulfide) groups is 1. The van der Waals surface area contributed by atoms with Crippen LogP contribution in [0.25, 0.3) is 0 Å². The second kappa shape index (κ2) is 3.93. The van der Waals surface area contributed by atoms with Gasteiger partial charge in [-0.15, -0.1) is 0 Å². The van der Waals surface area contributed by atoms with E-state index in [1.54, 1.807) is 6.20 Å². The number of rotatable bonds is 4. The van der Waals surface area contributed by atoms with Gasteiger partial charge in [-0.2, -0.15) is 11.8 Å². The molecule has 1 aromatic rings. The fraction of sp³-hybridized carbons (Fsp3) is 0.545. The minimum Gasteiger partial charge on any atom is -0.397 e.